The summed E-state index contributed by atoms with van der Waals surface area (Å²) < 4.78 is 7.64. The van der Waals surface area contributed by atoms with E-state index in [1.54, 1.807) is 16.4 Å². The van der Waals surface area contributed by atoms with Crippen LogP contribution >= 0.6 is 11.8 Å². The van der Waals surface area contributed by atoms with E-state index in [0.29, 0.717) is 0 Å². The number of nitrogens with zero attached hydrogens (tertiary/aromatic N) is 4. The average Bonchev–Trinajstić information content (AvgIpc) is 3.17. The molecular weight excluding hydrogens is 344 g/mol. The third kappa shape index (κ3) is 3.92. The van der Waals surface area contributed by atoms with Crippen LogP contribution in [-0.2, 0) is 5.75 Å². The van der Waals surface area contributed by atoms with Gasteiger partial charge in [0.1, 0.15) is 11.5 Å². The Hall–Kier alpha value is -3.12. The van der Waals surface area contributed by atoms with Crippen molar-refractivity contribution in [3.63, 3.8) is 0 Å². The standard InChI is InChI=1S/C20H16N4OS/c1-3-9-17(10-4-1)24-20(21-22-23-24)26-15-16-8-7-13-19(14-16)25-18-11-5-2-6-12-18/h1-14H,15H2. The summed E-state index contributed by atoms with van der Waals surface area (Å²) in [5.74, 6) is 2.39. The van der Waals surface area contributed by atoms with E-state index in [-0.39, 0.29) is 0 Å². The molecule has 26 heavy (non-hydrogen) atoms. The number of thioether (sulfide) groups is 1. The van der Waals surface area contributed by atoms with Crippen molar-refractivity contribution in [1.82, 2.24) is 20.2 Å². The monoisotopic (exact) mass is 360 g/mol. The van der Waals surface area contributed by atoms with E-state index in [2.05, 4.69) is 21.6 Å². The topological polar surface area (TPSA) is 52.8 Å². The smallest absolute Gasteiger partial charge is 0.214 e. The van der Waals surface area contributed by atoms with Crippen molar-refractivity contribution in [2.45, 2.75) is 10.9 Å². The molecule has 0 aliphatic heterocycles. The van der Waals surface area contributed by atoms with Gasteiger partial charge >= 0.3 is 0 Å². The Labute approximate surface area is 155 Å². The van der Waals surface area contributed by atoms with Gasteiger partial charge in [-0.3, -0.25) is 0 Å². The zero-order chi connectivity index (χ0) is 17.6. The fourth-order valence-corrected chi connectivity index (χ4v) is 3.31. The second kappa shape index (κ2) is 7.84. The largest absolute Gasteiger partial charge is 0.457 e. The van der Waals surface area contributed by atoms with Crippen LogP contribution in [0.25, 0.3) is 5.69 Å². The number of tetrazole rings is 1. The highest BCUT2D eigenvalue weighted by Gasteiger charge is 2.09. The highest BCUT2D eigenvalue weighted by molar-refractivity contribution is 7.98. The van der Waals surface area contributed by atoms with Crippen LogP contribution in [0, 0.1) is 0 Å². The molecule has 1 heterocycles. The van der Waals surface area contributed by atoms with Gasteiger partial charge < -0.3 is 4.74 Å². The van der Waals surface area contributed by atoms with Crippen LogP contribution in [0.4, 0.5) is 0 Å². The first-order valence-electron chi connectivity index (χ1n) is 8.17. The van der Waals surface area contributed by atoms with Crippen molar-refractivity contribution in [3.8, 4) is 17.2 Å². The van der Waals surface area contributed by atoms with Gasteiger partial charge in [-0.05, 0) is 52.4 Å². The van der Waals surface area contributed by atoms with Crippen molar-refractivity contribution in [3.05, 3.63) is 90.5 Å². The summed E-state index contributed by atoms with van der Waals surface area (Å²) in [6.07, 6.45) is 0. The van der Waals surface area contributed by atoms with Gasteiger partial charge in [-0.25, -0.2) is 0 Å². The molecule has 0 spiro atoms. The summed E-state index contributed by atoms with van der Waals surface area (Å²) in [6.45, 7) is 0. The lowest BCUT2D eigenvalue weighted by Crippen LogP contribution is -1.98. The summed E-state index contributed by atoms with van der Waals surface area (Å²) in [6, 6.07) is 27.7. The van der Waals surface area contributed by atoms with Gasteiger partial charge in [0.05, 0.1) is 5.69 Å². The molecule has 4 rings (SSSR count). The first-order valence-corrected chi connectivity index (χ1v) is 9.15. The van der Waals surface area contributed by atoms with Crippen molar-refractivity contribution in [1.29, 1.82) is 0 Å². The predicted octanol–water partition coefficient (Wildman–Crippen LogP) is 4.75. The Bertz CT molecular complexity index is 973. The minimum Gasteiger partial charge on any atom is -0.457 e. The maximum Gasteiger partial charge on any atom is 0.214 e. The van der Waals surface area contributed by atoms with E-state index in [4.69, 9.17) is 4.74 Å². The van der Waals surface area contributed by atoms with Gasteiger partial charge in [0.25, 0.3) is 0 Å². The molecule has 0 bridgehead atoms. The lowest BCUT2D eigenvalue weighted by atomic mass is 10.2. The highest BCUT2D eigenvalue weighted by Crippen LogP contribution is 2.26. The molecule has 0 amide bonds. The van der Waals surface area contributed by atoms with Gasteiger partial charge in [-0.2, -0.15) is 4.68 Å². The lowest BCUT2D eigenvalue weighted by Gasteiger charge is -2.08. The van der Waals surface area contributed by atoms with Gasteiger partial charge in [-0.1, -0.05) is 60.3 Å². The summed E-state index contributed by atoms with van der Waals surface area (Å²) in [5, 5.41) is 12.8. The Morgan fingerprint density at radius 3 is 2.35 bits per heavy atom. The number of hydrogen-bond acceptors (Lipinski definition) is 5. The van der Waals surface area contributed by atoms with E-state index in [9.17, 15) is 0 Å². The third-order valence-electron chi connectivity index (χ3n) is 3.69. The first kappa shape index (κ1) is 16.4. The molecule has 3 aromatic carbocycles. The zero-order valence-corrected chi connectivity index (χ0v) is 14.7. The van der Waals surface area contributed by atoms with Crippen molar-refractivity contribution in [2.24, 2.45) is 0 Å². The Balaban J connectivity index is 1.46. The molecule has 0 unspecified atom stereocenters. The maximum atomic E-state index is 5.89. The summed E-state index contributed by atoms with van der Waals surface area (Å²) in [5.41, 5.74) is 2.09. The number of ether oxygens (including phenoxy) is 1. The van der Waals surface area contributed by atoms with E-state index < -0.39 is 0 Å². The third-order valence-corrected chi connectivity index (χ3v) is 4.68. The normalized spacial score (nSPS) is 10.6. The number of hydrogen-bond donors (Lipinski definition) is 0. The number of benzene rings is 3. The van der Waals surface area contributed by atoms with E-state index in [0.717, 1.165) is 33.7 Å². The molecule has 128 valence electrons. The Morgan fingerprint density at radius 2 is 1.54 bits per heavy atom. The van der Waals surface area contributed by atoms with E-state index in [1.807, 2.05) is 78.9 Å². The lowest BCUT2D eigenvalue weighted by molar-refractivity contribution is 0.482. The number of aromatic nitrogens is 4. The molecule has 5 nitrogen and oxygen atoms in total. The fraction of sp³-hybridized carbons (Fsp3) is 0.0500. The Kier molecular flexibility index (Phi) is 4.93. The average molecular weight is 360 g/mol. The van der Waals surface area contributed by atoms with Gasteiger partial charge in [-0.15, -0.1) is 5.10 Å². The van der Waals surface area contributed by atoms with Crippen molar-refractivity contribution < 1.29 is 4.74 Å². The molecule has 0 saturated heterocycles. The quantitative estimate of drug-likeness (QED) is 0.465. The molecule has 6 heteroatoms. The van der Waals surface area contributed by atoms with E-state index in [1.165, 1.54) is 0 Å². The zero-order valence-electron chi connectivity index (χ0n) is 13.9. The minimum absolute atomic E-state index is 0.749. The molecule has 4 aromatic rings. The summed E-state index contributed by atoms with van der Waals surface area (Å²) in [7, 11) is 0. The number of para-hydroxylation sites is 2. The van der Waals surface area contributed by atoms with Crippen molar-refractivity contribution in [2.75, 3.05) is 0 Å². The summed E-state index contributed by atoms with van der Waals surface area (Å²) in [4.78, 5) is 0. The second-order valence-corrected chi connectivity index (χ2v) is 6.50. The predicted molar refractivity (Wildman–Crippen MR) is 102 cm³/mol. The van der Waals surface area contributed by atoms with Gasteiger partial charge in [0.2, 0.25) is 5.16 Å². The van der Waals surface area contributed by atoms with E-state index >= 15 is 0 Å². The number of rotatable bonds is 6. The minimum atomic E-state index is 0.749. The molecule has 0 fully saturated rings. The van der Waals surface area contributed by atoms with Crippen LogP contribution in [0.15, 0.2) is 90.1 Å². The second-order valence-electron chi connectivity index (χ2n) is 5.56. The van der Waals surface area contributed by atoms with Gasteiger partial charge in [0.15, 0.2) is 0 Å². The van der Waals surface area contributed by atoms with Crippen LogP contribution in [0.3, 0.4) is 0 Å². The molecular formula is C20H16N4OS. The van der Waals surface area contributed by atoms with Gasteiger partial charge in [0, 0.05) is 5.75 Å². The fourth-order valence-electron chi connectivity index (χ4n) is 2.47. The molecule has 0 aliphatic carbocycles. The first-order chi connectivity index (χ1) is 12.9. The van der Waals surface area contributed by atoms with Crippen LogP contribution in [0.5, 0.6) is 11.5 Å². The SMILES string of the molecule is c1ccc(Oc2cccc(CSc3nnnn3-c3ccccc3)c2)cc1. The van der Waals surface area contributed by atoms with Crippen LogP contribution < -0.4 is 4.74 Å². The van der Waals surface area contributed by atoms with Crippen molar-refractivity contribution >= 4 is 11.8 Å². The molecule has 0 atom stereocenters. The molecule has 0 saturated carbocycles. The highest BCUT2D eigenvalue weighted by atomic mass is 32.2. The van der Waals surface area contributed by atoms with Crippen LogP contribution in [-0.4, -0.2) is 20.2 Å². The van der Waals surface area contributed by atoms with Crippen LogP contribution in [0.2, 0.25) is 0 Å². The molecule has 0 N–H and O–H groups in total. The maximum absolute atomic E-state index is 5.89. The summed E-state index contributed by atoms with van der Waals surface area (Å²) >= 11 is 1.59. The molecule has 0 radical (unpaired) electrons. The van der Waals surface area contributed by atoms with Crippen LogP contribution in [0.1, 0.15) is 5.56 Å². The molecule has 1 aromatic heterocycles. The molecule has 0 aliphatic rings. The Morgan fingerprint density at radius 1 is 0.808 bits per heavy atom.